The Bertz CT molecular complexity index is 271. The number of hydrogen-bond acceptors (Lipinski definition) is 0. The molecule has 0 amide bonds. The first-order valence-electron chi connectivity index (χ1n) is 4.60. The van der Waals surface area contributed by atoms with E-state index in [0.29, 0.717) is 0 Å². The number of halogens is 2. The van der Waals surface area contributed by atoms with E-state index < -0.39 is 0 Å². The van der Waals surface area contributed by atoms with Gasteiger partial charge in [-0.1, -0.05) is 28.9 Å². The molecule has 0 unspecified atom stereocenters. The summed E-state index contributed by atoms with van der Waals surface area (Å²) in [6.45, 7) is 2.21. The standard InChI is InChI=1S/C11H14BrI/c1-2-9-6-10(4-3-5-12)8-11(13)7-9/h6-8H,2-5H2,1H3. The van der Waals surface area contributed by atoms with Crippen LogP contribution in [0.2, 0.25) is 0 Å². The van der Waals surface area contributed by atoms with Crippen molar-refractivity contribution >= 4 is 38.5 Å². The lowest BCUT2D eigenvalue weighted by Gasteiger charge is -2.04. The Balaban J connectivity index is 2.76. The second-order valence-electron chi connectivity index (χ2n) is 3.11. The van der Waals surface area contributed by atoms with E-state index in [1.165, 1.54) is 27.5 Å². The first-order chi connectivity index (χ1) is 6.26. The van der Waals surface area contributed by atoms with Crippen molar-refractivity contribution in [1.82, 2.24) is 0 Å². The molecule has 2 heteroatoms. The van der Waals surface area contributed by atoms with Crippen LogP contribution in [0.1, 0.15) is 24.5 Å². The van der Waals surface area contributed by atoms with Gasteiger partial charge in [0.25, 0.3) is 0 Å². The van der Waals surface area contributed by atoms with Gasteiger partial charge in [-0.2, -0.15) is 0 Å². The quantitative estimate of drug-likeness (QED) is 0.563. The number of hydrogen-bond donors (Lipinski definition) is 0. The minimum absolute atomic E-state index is 1.10. The van der Waals surface area contributed by atoms with E-state index in [9.17, 15) is 0 Å². The third kappa shape index (κ3) is 3.98. The summed E-state index contributed by atoms with van der Waals surface area (Å²) in [5.74, 6) is 0. The second kappa shape index (κ2) is 6.02. The Hall–Kier alpha value is 0.430. The molecule has 0 radical (unpaired) electrons. The van der Waals surface area contributed by atoms with Crippen LogP contribution in [0.4, 0.5) is 0 Å². The van der Waals surface area contributed by atoms with E-state index >= 15 is 0 Å². The molecule has 0 saturated carbocycles. The topological polar surface area (TPSA) is 0 Å². The van der Waals surface area contributed by atoms with Crippen LogP contribution in [0.3, 0.4) is 0 Å². The molecule has 0 saturated heterocycles. The molecule has 1 aromatic carbocycles. The zero-order chi connectivity index (χ0) is 9.68. The Labute approximate surface area is 102 Å². The van der Waals surface area contributed by atoms with Crippen molar-refractivity contribution < 1.29 is 0 Å². The molecule has 0 fully saturated rings. The summed E-state index contributed by atoms with van der Waals surface area (Å²) in [4.78, 5) is 0. The molecular weight excluding hydrogens is 339 g/mol. The predicted molar refractivity (Wildman–Crippen MR) is 70.7 cm³/mol. The maximum absolute atomic E-state index is 3.46. The molecule has 0 nitrogen and oxygen atoms in total. The van der Waals surface area contributed by atoms with Gasteiger partial charge in [-0.3, -0.25) is 0 Å². The lowest BCUT2D eigenvalue weighted by atomic mass is 10.1. The first kappa shape index (κ1) is 11.5. The molecule has 0 atom stereocenters. The number of rotatable bonds is 4. The van der Waals surface area contributed by atoms with E-state index in [2.05, 4.69) is 63.6 Å². The molecule has 13 heavy (non-hydrogen) atoms. The van der Waals surface area contributed by atoms with E-state index in [0.717, 1.165) is 11.8 Å². The third-order valence-corrected chi connectivity index (χ3v) is 3.21. The smallest absolute Gasteiger partial charge is 0.0135 e. The highest BCUT2D eigenvalue weighted by Gasteiger charge is 1.97. The van der Waals surface area contributed by atoms with E-state index in [-0.39, 0.29) is 0 Å². The lowest BCUT2D eigenvalue weighted by molar-refractivity contribution is 0.932. The van der Waals surface area contributed by atoms with Crippen LogP contribution in [-0.2, 0) is 12.8 Å². The van der Waals surface area contributed by atoms with Crippen LogP contribution >= 0.6 is 38.5 Å². The van der Waals surface area contributed by atoms with Crippen LogP contribution in [0.5, 0.6) is 0 Å². The van der Waals surface area contributed by atoms with Gasteiger partial charge in [0.05, 0.1) is 0 Å². The summed E-state index contributed by atoms with van der Waals surface area (Å²) in [6, 6.07) is 6.87. The van der Waals surface area contributed by atoms with Crippen molar-refractivity contribution in [1.29, 1.82) is 0 Å². The number of aryl methyl sites for hydroxylation is 2. The van der Waals surface area contributed by atoms with E-state index in [1.54, 1.807) is 0 Å². The van der Waals surface area contributed by atoms with E-state index in [1.807, 2.05) is 0 Å². The Morgan fingerprint density at radius 2 is 1.92 bits per heavy atom. The minimum atomic E-state index is 1.10. The fourth-order valence-electron chi connectivity index (χ4n) is 1.34. The number of alkyl halides is 1. The summed E-state index contributed by atoms with van der Waals surface area (Å²) in [7, 11) is 0. The normalized spacial score (nSPS) is 10.4. The van der Waals surface area contributed by atoms with Crippen molar-refractivity contribution in [3.8, 4) is 0 Å². The molecule has 0 aliphatic rings. The molecule has 1 aromatic rings. The molecule has 0 aliphatic heterocycles. The minimum Gasteiger partial charge on any atom is -0.0928 e. The van der Waals surface area contributed by atoms with Crippen LogP contribution in [-0.4, -0.2) is 5.33 Å². The van der Waals surface area contributed by atoms with Gasteiger partial charge in [-0.25, -0.2) is 0 Å². The summed E-state index contributed by atoms with van der Waals surface area (Å²) in [5.41, 5.74) is 2.93. The molecule has 1 rings (SSSR count). The molecule has 0 heterocycles. The van der Waals surface area contributed by atoms with Gasteiger partial charge in [0.1, 0.15) is 0 Å². The maximum atomic E-state index is 3.46. The van der Waals surface area contributed by atoms with Crippen molar-refractivity contribution in [2.45, 2.75) is 26.2 Å². The highest BCUT2D eigenvalue weighted by Crippen LogP contribution is 2.14. The van der Waals surface area contributed by atoms with Crippen LogP contribution < -0.4 is 0 Å². The predicted octanol–water partition coefficient (Wildman–Crippen LogP) is 4.18. The highest BCUT2D eigenvalue weighted by molar-refractivity contribution is 14.1. The van der Waals surface area contributed by atoms with Crippen molar-refractivity contribution in [3.63, 3.8) is 0 Å². The van der Waals surface area contributed by atoms with Gasteiger partial charge in [0, 0.05) is 8.90 Å². The molecule has 0 bridgehead atoms. The zero-order valence-corrected chi connectivity index (χ0v) is 11.6. The molecule has 72 valence electrons. The zero-order valence-electron chi connectivity index (χ0n) is 7.82. The summed E-state index contributed by atoms with van der Waals surface area (Å²) >= 11 is 5.85. The summed E-state index contributed by atoms with van der Waals surface area (Å²) in [5, 5.41) is 1.10. The fourth-order valence-corrected chi connectivity index (χ4v) is 2.42. The summed E-state index contributed by atoms with van der Waals surface area (Å²) in [6.07, 6.45) is 3.55. The average Bonchev–Trinajstić information content (AvgIpc) is 2.14. The molecule has 0 spiro atoms. The van der Waals surface area contributed by atoms with Crippen molar-refractivity contribution in [3.05, 3.63) is 32.9 Å². The average molecular weight is 353 g/mol. The van der Waals surface area contributed by atoms with Crippen molar-refractivity contribution in [2.24, 2.45) is 0 Å². The van der Waals surface area contributed by atoms with Gasteiger partial charge in [0.15, 0.2) is 0 Å². The summed E-state index contributed by atoms with van der Waals surface area (Å²) < 4.78 is 1.36. The Kier molecular flexibility index (Phi) is 5.32. The lowest BCUT2D eigenvalue weighted by Crippen LogP contribution is -1.90. The van der Waals surface area contributed by atoms with Gasteiger partial charge in [0.2, 0.25) is 0 Å². The highest BCUT2D eigenvalue weighted by atomic mass is 127. The monoisotopic (exact) mass is 352 g/mol. The molecule has 0 aliphatic carbocycles. The Morgan fingerprint density at radius 3 is 2.54 bits per heavy atom. The van der Waals surface area contributed by atoms with Gasteiger partial charge >= 0.3 is 0 Å². The SMILES string of the molecule is CCc1cc(I)cc(CCCBr)c1. The largest absolute Gasteiger partial charge is 0.0928 e. The maximum Gasteiger partial charge on any atom is 0.0135 e. The van der Waals surface area contributed by atoms with Crippen LogP contribution in [0, 0.1) is 3.57 Å². The van der Waals surface area contributed by atoms with Gasteiger partial charge < -0.3 is 0 Å². The second-order valence-corrected chi connectivity index (χ2v) is 5.15. The van der Waals surface area contributed by atoms with Gasteiger partial charge in [-0.05, 0) is 65.1 Å². The van der Waals surface area contributed by atoms with Crippen LogP contribution in [0.15, 0.2) is 18.2 Å². The fraction of sp³-hybridized carbons (Fsp3) is 0.455. The number of benzene rings is 1. The molecule has 0 N–H and O–H groups in total. The Morgan fingerprint density at radius 1 is 1.23 bits per heavy atom. The molecule has 0 aromatic heterocycles. The third-order valence-electron chi connectivity index (χ3n) is 2.02. The van der Waals surface area contributed by atoms with E-state index in [4.69, 9.17) is 0 Å². The first-order valence-corrected chi connectivity index (χ1v) is 6.80. The van der Waals surface area contributed by atoms with Gasteiger partial charge in [-0.15, -0.1) is 0 Å². The van der Waals surface area contributed by atoms with Crippen LogP contribution in [0.25, 0.3) is 0 Å². The van der Waals surface area contributed by atoms with Crippen molar-refractivity contribution in [2.75, 3.05) is 5.33 Å². The molecular formula is C11H14BrI.